The normalized spacial score (nSPS) is 12.6. The second kappa shape index (κ2) is 5.45. The van der Waals surface area contributed by atoms with E-state index in [0.29, 0.717) is 5.92 Å². The summed E-state index contributed by atoms with van der Waals surface area (Å²) in [5.41, 5.74) is 4.00. The third-order valence-corrected chi connectivity index (χ3v) is 3.28. The smallest absolute Gasteiger partial charge is 0.0393 e. The highest BCUT2D eigenvalue weighted by atomic mass is 32.1. The number of rotatable bonds is 4. The maximum absolute atomic E-state index is 4.32. The van der Waals surface area contributed by atoms with E-state index in [1.165, 1.54) is 16.8 Å². The van der Waals surface area contributed by atoms with Crippen molar-refractivity contribution in [3.63, 3.8) is 0 Å². The van der Waals surface area contributed by atoms with Crippen LogP contribution in [0.5, 0.6) is 0 Å². The Hall–Kier alpha value is -0.630. The summed E-state index contributed by atoms with van der Waals surface area (Å²) in [4.78, 5) is 2.32. The summed E-state index contributed by atoms with van der Waals surface area (Å²) in [6, 6.07) is 6.61. The van der Waals surface area contributed by atoms with Gasteiger partial charge >= 0.3 is 0 Å². The topological polar surface area (TPSA) is 3.24 Å². The zero-order valence-corrected chi connectivity index (χ0v) is 11.0. The van der Waals surface area contributed by atoms with Gasteiger partial charge in [0.15, 0.2) is 0 Å². The first kappa shape index (κ1) is 12.4. The fourth-order valence-corrected chi connectivity index (χ4v) is 1.97. The molecule has 0 radical (unpaired) electrons. The van der Waals surface area contributed by atoms with Gasteiger partial charge in [0.2, 0.25) is 0 Å². The summed E-state index contributed by atoms with van der Waals surface area (Å²) in [5.74, 6) is 1.56. The number of benzene rings is 1. The van der Waals surface area contributed by atoms with Crippen LogP contribution in [-0.2, 0) is 0 Å². The SMILES string of the molecule is Cc1ccc(N(C)CC(C)CS)c(C)c1. The molecule has 0 aromatic heterocycles. The molecule has 1 nitrogen and oxygen atoms in total. The summed E-state index contributed by atoms with van der Waals surface area (Å²) in [6.07, 6.45) is 0. The first-order chi connectivity index (χ1) is 7.04. The van der Waals surface area contributed by atoms with Crippen LogP contribution in [0.1, 0.15) is 18.1 Å². The molecule has 0 heterocycles. The number of aryl methyl sites for hydroxylation is 2. The minimum atomic E-state index is 0.624. The zero-order chi connectivity index (χ0) is 11.4. The van der Waals surface area contributed by atoms with Crippen LogP contribution in [-0.4, -0.2) is 19.3 Å². The highest BCUT2D eigenvalue weighted by Crippen LogP contribution is 2.20. The van der Waals surface area contributed by atoms with E-state index in [0.717, 1.165) is 12.3 Å². The van der Waals surface area contributed by atoms with Crippen molar-refractivity contribution >= 4 is 18.3 Å². The Morgan fingerprint density at radius 2 is 2.00 bits per heavy atom. The number of hydrogen-bond donors (Lipinski definition) is 1. The van der Waals surface area contributed by atoms with Gasteiger partial charge < -0.3 is 4.90 Å². The van der Waals surface area contributed by atoms with E-state index in [-0.39, 0.29) is 0 Å². The van der Waals surface area contributed by atoms with E-state index in [2.05, 4.69) is 63.5 Å². The van der Waals surface area contributed by atoms with Gasteiger partial charge in [-0.25, -0.2) is 0 Å². The molecule has 0 amide bonds. The molecule has 0 aliphatic carbocycles. The van der Waals surface area contributed by atoms with Crippen LogP contribution in [0.15, 0.2) is 18.2 Å². The zero-order valence-electron chi connectivity index (χ0n) is 10.1. The molecule has 0 fully saturated rings. The molecular weight excluding hydrogens is 202 g/mol. The van der Waals surface area contributed by atoms with Crippen LogP contribution < -0.4 is 4.90 Å². The second-order valence-corrected chi connectivity index (χ2v) is 4.82. The molecule has 2 heteroatoms. The van der Waals surface area contributed by atoms with Gasteiger partial charge in [-0.05, 0) is 37.1 Å². The minimum Gasteiger partial charge on any atom is -0.374 e. The Morgan fingerprint density at radius 1 is 1.33 bits per heavy atom. The third-order valence-electron chi connectivity index (χ3n) is 2.66. The van der Waals surface area contributed by atoms with E-state index in [4.69, 9.17) is 0 Å². The molecule has 1 unspecified atom stereocenters. The fraction of sp³-hybridized carbons (Fsp3) is 0.538. The van der Waals surface area contributed by atoms with Crippen molar-refractivity contribution in [1.82, 2.24) is 0 Å². The Kier molecular flexibility index (Phi) is 4.52. The van der Waals surface area contributed by atoms with E-state index in [9.17, 15) is 0 Å². The Morgan fingerprint density at radius 3 is 2.53 bits per heavy atom. The van der Waals surface area contributed by atoms with Gasteiger partial charge in [0.25, 0.3) is 0 Å². The lowest BCUT2D eigenvalue weighted by molar-refractivity contribution is 0.649. The maximum Gasteiger partial charge on any atom is 0.0393 e. The fourth-order valence-electron chi connectivity index (χ4n) is 1.86. The molecule has 0 saturated heterocycles. The van der Waals surface area contributed by atoms with Crippen LogP contribution in [0.4, 0.5) is 5.69 Å². The van der Waals surface area contributed by atoms with E-state index < -0.39 is 0 Å². The standard InChI is InChI=1S/C13H21NS/c1-10-5-6-13(12(3)7-10)14(4)8-11(2)9-15/h5-7,11,15H,8-9H2,1-4H3. The highest BCUT2D eigenvalue weighted by molar-refractivity contribution is 7.80. The van der Waals surface area contributed by atoms with Crippen molar-refractivity contribution in [3.8, 4) is 0 Å². The minimum absolute atomic E-state index is 0.624. The second-order valence-electron chi connectivity index (χ2n) is 4.46. The molecule has 0 bridgehead atoms. The van der Waals surface area contributed by atoms with Crippen molar-refractivity contribution < 1.29 is 0 Å². The van der Waals surface area contributed by atoms with Crippen LogP contribution >= 0.6 is 12.6 Å². The van der Waals surface area contributed by atoms with Crippen LogP contribution in [0.25, 0.3) is 0 Å². The predicted octanol–water partition coefficient (Wildman–Crippen LogP) is 3.31. The van der Waals surface area contributed by atoms with Crippen LogP contribution in [0.3, 0.4) is 0 Å². The monoisotopic (exact) mass is 223 g/mol. The quantitative estimate of drug-likeness (QED) is 0.767. The first-order valence-corrected chi connectivity index (χ1v) is 6.07. The Bertz CT molecular complexity index is 322. The summed E-state index contributed by atoms with van der Waals surface area (Å²) in [7, 11) is 2.15. The lowest BCUT2D eigenvalue weighted by Gasteiger charge is -2.24. The van der Waals surface area contributed by atoms with E-state index in [1.54, 1.807) is 0 Å². The van der Waals surface area contributed by atoms with Gasteiger partial charge in [-0.3, -0.25) is 0 Å². The average molecular weight is 223 g/mol. The predicted molar refractivity (Wildman–Crippen MR) is 72.2 cm³/mol. The number of nitrogens with zero attached hydrogens (tertiary/aromatic N) is 1. The van der Waals surface area contributed by atoms with Crippen LogP contribution in [0.2, 0.25) is 0 Å². The van der Waals surface area contributed by atoms with Gasteiger partial charge in [0.1, 0.15) is 0 Å². The molecule has 15 heavy (non-hydrogen) atoms. The number of hydrogen-bond acceptors (Lipinski definition) is 2. The van der Waals surface area contributed by atoms with Crippen molar-refractivity contribution in [2.24, 2.45) is 5.92 Å². The summed E-state index contributed by atoms with van der Waals surface area (Å²) < 4.78 is 0. The maximum atomic E-state index is 4.32. The molecule has 1 aromatic carbocycles. The van der Waals surface area contributed by atoms with Gasteiger partial charge in [0, 0.05) is 19.3 Å². The molecule has 0 aliphatic rings. The van der Waals surface area contributed by atoms with Gasteiger partial charge in [-0.2, -0.15) is 12.6 Å². The molecule has 1 aromatic rings. The third kappa shape index (κ3) is 3.45. The van der Waals surface area contributed by atoms with Gasteiger partial charge in [-0.15, -0.1) is 0 Å². The molecule has 0 spiro atoms. The van der Waals surface area contributed by atoms with E-state index in [1.807, 2.05) is 0 Å². The molecule has 0 N–H and O–H groups in total. The van der Waals surface area contributed by atoms with Crippen LogP contribution in [0, 0.1) is 19.8 Å². The van der Waals surface area contributed by atoms with Gasteiger partial charge in [-0.1, -0.05) is 24.6 Å². The molecular formula is C13H21NS. The summed E-state index contributed by atoms with van der Waals surface area (Å²) in [5, 5.41) is 0. The van der Waals surface area contributed by atoms with Gasteiger partial charge in [0.05, 0.1) is 0 Å². The average Bonchev–Trinajstić information content (AvgIpc) is 2.17. The number of thiol groups is 1. The van der Waals surface area contributed by atoms with E-state index >= 15 is 0 Å². The molecule has 0 aliphatic heterocycles. The number of anilines is 1. The molecule has 84 valence electrons. The van der Waals surface area contributed by atoms with Crippen molar-refractivity contribution in [3.05, 3.63) is 29.3 Å². The summed E-state index contributed by atoms with van der Waals surface area (Å²) in [6.45, 7) is 7.59. The lowest BCUT2D eigenvalue weighted by Crippen LogP contribution is -2.25. The molecule has 1 atom stereocenters. The molecule has 1 rings (SSSR count). The highest BCUT2D eigenvalue weighted by Gasteiger charge is 2.07. The Labute approximate surface area is 98.9 Å². The lowest BCUT2D eigenvalue weighted by atomic mass is 10.1. The summed E-state index contributed by atoms with van der Waals surface area (Å²) >= 11 is 4.32. The largest absolute Gasteiger partial charge is 0.374 e. The van der Waals surface area contributed by atoms with Crippen molar-refractivity contribution in [2.75, 3.05) is 24.2 Å². The van der Waals surface area contributed by atoms with Crippen molar-refractivity contribution in [2.45, 2.75) is 20.8 Å². The van der Waals surface area contributed by atoms with Crippen molar-refractivity contribution in [1.29, 1.82) is 0 Å². The first-order valence-electron chi connectivity index (χ1n) is 5.44. The molecule has 0 saturated carbocycles. The Balaban J connectivity index is 2.77.